The molecule has 3 N–H and O–H groups in total. The lowest BCUT2D eigenvalue weighted by atomic mass is 10.2. The molecule has 0 atom stereocenters. The van der Waals surface area contributed by atoms with Crippen LogP contribution in [0.5, 0.6) is 5.75 Å². The molecule has 1 heterocycles. The smallest absolute Gasteiger partial charge is 0.121 e. The van der Waals surface area contributed by atoms with Crippen molar-refractivity contribution in [2.24, 2.45) is 5.73 Å². The molecule has 0 unspecified atom stereocenters. The second kappa shape index (κ2) is 3.38. The molecule has 3 heteroatoms. The molecule has 0 radical (unpaired) electrons. The fourth-order valence-corrected chi connectivity index (χ4v) is 1.17. The zero-order valence-corrected chi connectivity index (χ0v) is 7.13. The summed E-state index contributed by atoms with van der Waals surface area (Å²) in [4.78, 5) is 2.94. The van der Waals surface area contributed by atoms with Gasteiger partial charge in [-0.1, -0.05) is 0 Å². The SMILES string of the molecule is NCCOc1ccc2c#c[nH]c2c1. The third-order valence-electron chi connectivity index (χ3n) is 1.77. The van der Waals surface area contributed by atoms with Crippen LogP contribution in [0.3, 0.4) is 0 Å². The predicted molar refractivity (Wildman–Crippen MR) is 50.5 cm³/mol. The van der Waals surface area contributed by atoms with Crippen molar-refractivity contribution in [1.29, 1.82) is 0 Å². The topological polar surface area (TPSA) is 51.0 Å². The predicted octanol–water partition coefficient (Wildman–Crippen LogP) is 1.11. The van der Waals surface area contributed by atoms with Crippen molar-refractivity contribution in [2.45, 2.75) is 0 Å². The van der Waals surface area contributed by atoms with Crippen LogP contribution in [-0.4, -0.2) is 18.1 Å². The summed E-state index contributed by atoms with van der Waals surface area (Å²) < 4.78 is 5.36. The summed E-state index contributed by atoms with van der Waals surface area (Å²) >= 11 is 0. The van der Waals surface area contributed by atoms with Crippen molar-refractivity contribution >= 4 is 10.9 Å². The van der Waals surface area contributed by atoms with Crippen LogP contribution < -0.4 is 10.5 Å². The fraction of sp³-hybridized carbons (Fsp3) is 0.200. The first-order valence-electron chi connectivity index (χ1n) is 4.14. The first-order chi connectivity index (χ1) is 6.40. The highest BCUT2D eigenvalue weighted by atomic mass is 16.5. The number of hydrogen-bond acceptors (Lipinski definition) is 2. The van der Waals surface area contributed by atoms with Crippen LogP contribution in [0.2, 0.25) is 0 Å². The van der Waals surface area contributed by atoms with Gasteiger partial charge >= 0.3 is 0 Å². The Morgan fingerprint density at radius 3 is 3.23 bits per heavy atom. The van der Waals surface area contributed by atoms with E-state index in [2.05, 4.69) is 17.2 Å². The van der Waals surface area contributed by atoms with Gasteiger partial charge in [-0.2, -0.15) is 0 Å². The molecule has 0 amide bonds. The number of ether oxygens (including phenoxy) is 1. The second-order valence-corrected chi connectivity index (χ2v) is 2.72. The lowest BCUT2D eigenvalue weighted by Gasteiger charge is -2.03. The zero-order valence-electron chi connectivity index (χ0n) is 7.13. The number of nitrogens with two attached hydrogens (primary N) is 1. The molecule has 0 fully saturated rings. The van der Waals surface area contributed by atoms with Gasteiger partial charge in [0, 0.05) is 18.8 Å². The average molecular weight is 174 g/mol. The zero-order chi connectivity index (χ0) is 9.10. The van der Waals surface area contributed by atoms with Crippen molar-refractivity contribution in [3.05, 3.63) is 30.5 Å². The van der Waals surface area contributed by atoms with Gasteiger partial charge in [0.1, 0.15) is 12.4 Å². The number of rotatable bonds is 3. The minimum Gasteiger partial charge on any atom is -0.492 e. The number of aromatic nitrogens is 1. The van der Waals surface area contributed by atoms with E-state index >= 15 is 0 Å². The third-order valence-corrected chi connectivity index (χ3v) is 1.77. The van der Waals surface area contributed by atoms with E-state index in [0.29, 0.717) is 13.2 Å². The van der Waals surface area contributed by atoms with Crippen LogP contribution in [-0.2, 0) is 0 Å². The number of H-pyrrole nitrogens is 1. The molecule has 2 aromatic rings. The Morgan fingerprint density at radius 1 is 1.46 bits per heavy atom. The molecule has 0 saturated carbocycles. The van der Waals surface area contributed by atoms with Crippen molar-refractivity contribution in [1.82, 2.24) is 4.98 Å². The maximum Gasteiger partial charge on any atom is 0.121 e. The molecule has 66 valence electrons. The summed E-state index contributed by atoms with van der Waals surface area (Å²) in [6.45, 7) is 1.07. The van der Waals surface area contributed by atoms with Gasteiger partial charge in [0.15, 0.2) is 0 Å². The molecule has 0 aliphatic rings. The van der Waals surface area contributed by atoms with Crippen LogP contribution >= 0.6 is 0 Å². The van der Waals surface area contributed by atoms with E-state index in [1.807, 2.05) is 18.2 Å². The highest BCUT2D eigenvalue weighted by Crippen LogP contribution is 2.17. The van der Waals surface area contributed by atoms with Gasteiger partial charge in [-0.15, -0.1) is 0 Å². The molecule has 0 saturated heterocycles. The Hall–Kier alpha value is -1.66. The third kappa shape index (κ3) is 1.58. The van der Waals surface area contributed by atoms with Gasteiger partial charge in [-0.25, -0.2) is 0 Å². The lowest BCUT2D eigenvalue weighted by Crippen LogP contribution is -2.10. The van der Waals surface area contributed by atoms with Crippen LogP contribution in [0.15, 0.2) is 18.2 Å². The summed E-state index contributed by atoms with van der Waals surface area (Å²) in [5.41, 5.74) is 6.30. The molecule has 2 rings (SSSR count). The van der Waals surface area contributed by atoms with E-state index in [-0.39, 0.29) is 0 Å². The number of aromatic amines is 1. The maximum absolute atomic E-state index is 5.36. The van der Waals surface area contributed by atoms with Crippen molar-refractivity contribution in [2.75, 3.05) is 13.2 Å². The Kier molecular flexibility index (Phi) is 2.07. The fourth-order valence-electron chi connectivity index (χ4n) is 1.17. The van der Waals surface area contributed by atoms with Crippen LogP contribution in [0.25, 0.3) is 10.9 Å². The van der Waals surface area contributed by atoms with Gasteiger partial charge in [-0.05, 0) is 18.2 Å². The van der Waals surface area contributed by atoms with Crippen LogP contribution in [0.1, 0.15) is 0 Å². The summed E-state index contributed by atoms with van der Waals surface area (Å²) in [5.74, 6) is 0.821. The largest absolute Gasteiger partial charge is 0.492 e. The van der Waals surface area contributed by atoms with Gasteiger partial charge in [0.05, 0.1) is 10.9 Å². The van der Waals surface area contributed by atoms with E-state index in [1.54, 1.807) is 0 Å². The summed E-state index contributed by atoms with van der Waals surface area (Å²) in [7, 11) is 0. The normalized spacial score (nSPS) is 9.92. The van der Waals surface area contributed by atoms with Gasteiger partial charge in [0.2, 0.25) is 0 Å². The second-order valence-electron chi connectivity index (χ2n) is 2.72. The standard InChI is InChI=1S/C10H10N2O/c11-4-6-13-9-2-1-8-3-5-12-10(8)7-9/h1-2,7,12H,4,6,11H2. The summed E-state index contributed by atoms with van der Waals surface area (Å²) in [6, 6.07) is 8.69. The minimum atomic E-state index is 0.529. The molecule has 3 nitrogen and oxygen atoms in total. The Labute approximate surface area is 76.5 Å². The van der Waals surface area contributed by atoms with E-state index in [1.165, 1.54) is 0 Å². The van der Waals surface area contributed by atoms with E-state index in [4.69, 9.17) is 10.5 Å². The van der Waals surface area contributed by atoms with Crippen LogP contribution in [0, 0.1) is 12.3 Å². The first kappa shape index (κ1) is 7.96. The minimum absolute atomic E-state index is 0.529. The molecule has 1 aromatic heterocycles. The molecule has 13 heavy (non-hydrogen) atoms. The average Bonchev–Trinajstić information content (AvgIpc) is 2.61. The van der Waals surface area contributed by atoms with Crippen molar-refractivity contribution in [3.63, 3.8) is 0 Å². The number of benzene rings is 1. The lowest BCUT2D eigenvalue weighted by molar-refractivity contribution is 0.329. The molecule has 0 aliphatic heterocycles. The van der Waals surface area contributed by atoms with Gasteiger partial charge in [0.25, 0.3) is 0 Å². The maximum atomic E-state index is 5.36. The molecule has 1 aromatic carbocycles. The highest BCUT2D eigenvalue weighted by Gasteiger charge is 1.96. The highest BCUT2D eigenvalue weighted by molar-refractivity contribution is 5.78. The number of nitrogens with one attached hydrogen (secondary N) is 1. The van der Waals surface area contributed by atoms with Crippen molar-refractivity contribution < 1.29 is 4.74 Å². The van der Waals surface area contributed by atoms with Crippen molar-refractivity contribution in [3.8, 4) is 5.75 Å². The number of hydrogen-bond donors (Lipinski definition) is 2. The Balaban J connectivity index is 2.26. The summed E-state index contributed by atoms with van der Waals surface area (Å²) in [5, 5.41) is 1.01. The number of fused-ring (bicyclic) bond motifs is 1. The molecule has 0 bridgehead atoms. The quantitative estimate of drug-likeness (QED) is 0.732. The van der Waals surface area contributed by atoms with Crippen LogP contribution in [0.4, 0.5) is 0 Å². The Bertz CT molecular complexity index is 394. The van der Waals surface area contributed by atoms with E-state index < -0.39 is 0 Å². The first-order valence-corrected chi connectivity index (χ1v) is 4.14. The molecule has 0 spiro atoms. The Morgan fingerprint density at radius 2 is 2.38 bits per heavy atom. The van der Waals surface area contributed by atoms with Gasteiger partial charge < -0.3 is 15.5 Å². The molecular weight excluding hydrogens is 164 g/mol. The molecular formula is C10H10N2O. The van der Waals surface area contributed by atoms with E-state index in [9.17, 15) is 0 Å². The van der Waals surface area contributed by atoms with E-state index in [0.717, 1.165) is 16.7 Å². The summed E-state index contributed by atoms with van der Waals surface area (Å²) in [6.07, 6.45) is 2.79. The molecule has 0 aliphatic carbocycles. The monoisotopic (exact) mass is 174 g/mol. The van der Waals surface area contributed by atoms with Gasteiger partial charge in [-0.3, -0.25) is 0 Å².